The van der Waals surface area contributed by atoms with E-state index in [0.29, 0.717) is 18.1 Å². The fourth-order valence-electron chi connectivity index (χ4n) is 2.61. The van der Waals surface area contributed by atoms with E-state index < -0.39 is 17.6 Å². The SMILES string of the molecule is CCOc1ccccc1OCC(=O)NN=Cc1ccc(-c2cccc(C(F)(F)F)c2)o1. The number of nitrogens with one attached hydrogen (secondary N) is 1. The molecule has 162 valence electrons. The van der Waals surface area contributed by atoms with Gasteiger partial charge in [-0.2, -0.15) is 18.3 Å². The fourth-order valence-corrected chi connectivity index (χ4v) is 2.61. The van der Waals surface area contributed by atoms with E-state index in [-0.39, 0.29) is 23.7 Å². The first-order chi connectivity index (χ1) is 14.9. The number of alkyl halides is 3. The van der Waals surface area contributed by atoms with Gasteiger partial charge in [0.1, 0.15) is 11.5 Å². The minimum absolute atomic E-state index is 0.245. The summed E-state index contributed by atoms with van der Waals surface area (Å²) in [4.78, 5) is 11.9. The number of ether oxygens (including phenoxy) is 2. The Kier molecular flexibility index (Phi) is 6.96. The molecular formula is C22H19F3N2O4. The molecule has 3 rings (SSSR count). The van der Waals surface area contributed by atoms with Gasteiger partial charge in [-0.15, -0.1) is 0 Å². The van der Waals surface area contributed by atoms with E-state index in [1.807, 2.05) is 6.92 Å². The lowest BCUT2D eigenvalue weighted by atomic mass is 10.1. The number of benzene rings is 2. The number of para-hydroxylation sites is 2. The zero-order valence-electron chi connectivity index (χ0n) is 16.5. The van der Waals surface area contributed by atoms with E-state index in [0.717, 1.165) is 12.1 Å². The van der Waals surface area contributed by atoms with Crippen molar-refractivity contribution in [2.45, 2.75) is 13.1 Å². The Morgan fingerprint density at radius 2 is 1.81 bits per heavy atom. The van der Waals surface area contributed by atoms with Gasteiger partial charge in [0.15, 0.2) is 18.1 Å². The van der Waals surface area contributed by atoms with Crippen LogP contribution in [0.3, 0.4) is 0 Å². The smallest absolute Gasteiger partial charge is 0.416 e. The summed E-state index contributed by atoms with van der Waals surface area (Å²) >= 11 is 0. The summed E-state index contributed by atoms with van der Waals surface area (Å²) in [5, 5.41) is 3.77. The van der Waals surface area contributed by atoms with Crippen LogP contribution in [0.4, 0.5) is 13.2 Å². The molecule has 0 aliphatic heterocycles. The van der Waals surface area contributed by atoms with Gasteiger partial charge >= 0.3 is 6.18 Å². The molecule has 9 heteroatoms. The predicted octanol–water partition coefficient (Wildman–Crippen LogP) is 4.89. The lowest BCUT2D eigenvalue weighted by molar-refractivity contribution is -0.137. The number of furan rings is 1. The lowest BCUT2D eigenvalue weighted by Gasteiger charge is -2.10. The average Bonchev–Trinajstić information content (AvgIpc) is 3.22. The van der Waals surface area contributed by atoms with Gasteiger partial charge in [0.25, 0.3) is 5.91 Å². The number of hydrogen-bond acceptors (Lipinski definition) is 5. The highest BCUT2D eigenvalue weighted by atomic mass is 19.4. The topological polar surface area (TPSA) is 73.1 Å². The van der Waals surface area contributed by atoms with Crippen molar-refractivity contribution < 1.29 is 31.9 Å². The predicted molar refractivity (Wildman–Crippen MR) is 108 cm³/mol. The molecule has 0 saturated heterocycles. The number of halogens is 3. The molecule has 0 atom stereocenters. The highest BCUT2D eigenvalue weighted by Gasteiger charge is 2.30. The van der Waals surface area contributed by atoms with Gasteiger partial charge in [-0.3, -0.25) is 4.79 Å². The third-order valence-corrected chi connectivity index (χ3v) is 3.99. The monoisotopic (exact) mass is 432 g/mol. The largest absolute Gasteiger partial charge is 0.490 e. The van der Waals surface area contributed by atoms with Gasteiger partial charge in [0.2, 0.25) is 0 Å². The fraction of sp³-hybridized carbons (Fsp3) is 0.182. The number of hydrazone groups is 1. The number of hydrogen-bond donors (Lipinski definition) is 1. The standard InChI is InChI=1S/C22H19F3N2O4/c1-2-29-19-8-3-4-9-20(19)30-14-21(28)27-26-13-17-10-11-18(31-17)15-6-5-7-16(12-15)22(23,24)25/h3-13H,2,14H2,1H3,(H,27,28). The van der Waals surface area contributed by atoms with E-state index >= 15 is 0 Å². The minimum Gasteiger partial charge on any atom is -0.490 e. The Bertz CT molecular complexity index is 1060. The number of carbonyl (C=O) groups excluding carboxylic acids is 1. The molecule has 0 bridgehead atoms. The third-order valence-electron chi connectivity index (χ3n) is 3.99. The first-order valence-corrected chi connectivity index (χ1v) is 9.31. The molecule has 0 aliphatic rings. The van der Waals surface area contributed by atoms with Gasteiger partial charge in [-0.25, -0.2) is 5.43 Å². The van der Waals surface area contributed by atoms with Crippen molar-refractivity contribution in [3.8, 4) is 22.8 Å². The van der Waals surface area contributed by atoms with Crippen LogP contribution < -0.4 is 14.9 Å². The molecule has 0 spiro atoms. The molecule has 3 aromatic rings. The maximum atomic E-state index is 12.9. The van der Waals surface area contributed by atoms with Crippen molar-refractivity contribution in [1.29, 1.82) is 0 Å². The van der Waals surface area contributed by atoms with E-state index in [2.05, 4.69) is 10.5 Å². The van der Waals surface area contributed by atoms with Gasteiger partial charge in [0.05, 0.1) is 18.4 Å². The summed E-state index contributed by atoms with van der Waals surface area (Å²) in [7, 11) is 0. The second-order valence-corrected chi connectivity index (χ2v) is 6.24. The van der Waals surface area contributed by atoms with Crippen LogP contribution in [0.1, 0.15) is 18.2 Å². The first-order valence-electron chi connectivity index (χ1n) is 9.31. The summed E-state index contributed by atoms with van der Waals surface area (Å²) in [6.07, 6.45) is -3.20. The molecule has 0 fully saturated rings. The maximum Gasteiger partial charge on any atom is 0.416 e. The Morgan fingerprint density at radius 1 is 1.06 bits per heavy atom. The normalized spacial score (nSPS) is 11.5. The second kappa shape index (κ2) is 9.84. The summed E-state index contributed by atoms with van der Waals surface area (Å²) < 4.78 is 54.9. The zero-order chi connectivity index (χ0) is 22.3. The third kappa shape index (κ3) is 6.11. The van der Waals surface area contributed by atoms with E-state index in [9.17, 15) is 18.0 Å². The van der Waals surface area contributed by atoms with Crippen LogP contribution in [0, 0.1) is 0 Å². The van der Waals surface area contributed by atoms with Crippen LogP contribution in [0.2, 0.25) is 0 Å². The molecule has 31 heavy (non-hydrogen) atoms. The maximum absolute atomic E-state index is 12.9. The van der Waals surface area contributed by atoms with Crippen molar-refractivity contribution in [3.63, 3.8) is 0 Å². The van der Waals surface area contributed by atoms with Crippen LogP contribution >= 0.6 is 0 Å². The number of rotatable bonds is 8. The van der Waals surface area contributed by atoms with Crippen molar-refractivity contribution in [2.24, 2.45) is 5.10 Å². The van der Waals surface area contributed by atoms with Gasteiger partial charge in [-0.05, 0) is 43.3 Å². The molecule has 1 heterocycles. The van der Waals surface area contributed by atoms with E-state index in [4.69, 9.17) is 13.9 Å². The molecule has 1 aromatic heterocycles. The summed E-state index contributed by atoms with van der Waals surface area (Å²) in [6.45, 7) is 2.02. The van der Waals surface area contributed by atoms with E-state index in [1.54, 1.807) is 24.3 Å². The molecule has 6 nitrogen and oxygen atoms in total. The summed E-state index contributed by atoms with van der Waals surface area (Å²) in [5.74, 6) is 0.955. The molecule has 0 unspecified atom stereocenters. The molecule has 0 radical (unpaired) electrons. The van der Waals surface area contributed by atoms with Gasteiger partial charge < -0.3 is 13.9 Å². The van der Waals surface area contributed by atoms with Crippen molar-refractivity contribution >= 4 is 12.1 Å². The Hall–Kier alpha value is -3.75. The number of nitrogens with zero attached hydrogens (tertiary/aromatic N) is 1. The zero-order valence-corrected chi connectivity index (χ0v) is 16.5. The Balaban J connectivity index is 1.55. The highest BCUT2D eigenvalue weighted by molar-refractivity contribution is 5.81. The molecular weight excluding hydrogens is 413 g/mol. The molecule has 1 amide bonds. The lowest BCUT2D eigenvalue weighted by Crippen LogP contribution is -2.24. The number of carbonyl (C=O) groups is 1. The summed E-state index contributed by atoms with van der Waals surface area (Å²) in [5.41, 5.74) is 1.80. The first kappa shape index (κ1) is 21.9. The molecule has 0 aliphatic carbocycles. The van der Waals surface area contributed by atoms with Crippen LogP contribution in [-0.2, 0) is 11.0 Å². The Morgan fingerprint density at radius 3 is 2.52 bits per heavy atom. The van der Waals surface area contributed by atoms with Crippen molar-refractivity contribution in [3.05, 3.63) is 72.0 Å². The molecule has 2 aromatic carbocycles. The van der Waals surface area contributed by atoms with Crippen LogP contribution in [0.5, 0.6) is 11.5 Å². The van der Waals surface area contributed by atoms with Crippen LogP contribution in [0.15, 0.2) is 70.2 Å². The van der Waals surface area contributed by atoms with Crippen molar-refractivity contribution in [1.82, 2.24) is 5.43 Å². The van der Waals surface area contributed by atoms with Crippen molar-refractivity contribution in [2.75, 3.05) is 13.2 Å². The van der Waals surface area contributed by atoms with E-state index in [1.165, 1.54) is 30.5 Å². The minimum atomic E-state index is -4.44. The quantitative estimate of drug-likeness (QED) is 0.406. The van der Waals surface area contributed by atoms with Gasteiger partial charge in [0, 0.05) is 5.56 Å². The number of amides is 1. The van der Waals surface area contributed by atoms with Gasteiger partial charge in [-0.1, -0.05) is 24.3 Å². The van der Waals surface area contributed by atoms with Crippen LogP contribution in [-0.4, -0.2) is 25.3 Å². The average molecular weight is 432 g/mol. The second-order valence-electron chi connectivity index (χ2n) is 6.24. The Labute approximate surface area is 176 Å². The molecule has 0 saturated carbocycles. The van der Waals surface area contributed by atoms with Crippen LogP contribution in [0.25, 0.3) is 11.3 Å². The molecule has 1 N–H and O–H groups in total. The highest BCUT2D eigenvalue weighted by Crippen LogP contribution is 2.32. The summed E-state index contributed by atoms with van der Waals surface area (Å²) in [6, 6.07) is 14.8.